The molecule has 3 rings (SSSR count). The van der Waals surface area contributed by atoms with E-state index in [1.165, 1.54) is 16.4 Å². The molecule has 1 aliphatic rings. The number of rotatable bonds is 6. The fraction of sp³-hybridized carbons (Fsp3) is 0.435. The first kappa shape index (κ1) is 23.2. The van der Waals surface area contributed by atoms with Crippen molar-refractivity contribution in [1.82, 2.24) is 9.21 Å². The number of carbonyl (C=O) groups excluding carboxylic acids is 1. The minimum atomic E-state index is -3.53. The molecule has 31 heavy (non-hydrogen) atoms. The minimum Gasteiger partial charge on any atom is -0.483 e. The molecule has 0 spiro atoms. The number of amides is 1. The van der Waals surface area contributed by atoms with Crippen LogP contribution in [0.4, 0.5) is 5.69 Å². The third kappa shape index (κ3) is 5.84. The second kappa shape index (κ2) is 9.38. The standard InChI is InChI=1S/C23H31N3O4S/c1-23(2,3)20-7-5-6-8-21(20)30-17-22(27)24-18-9-11-19(12-10-18)31(28,29)26-15-13-25(4)14-16-26/h5-12H,13-17H2,1-4H3,(H,24,27). The minimum absolute atomic E-state index is 0.0990. The number of piperazine rings is 1. The molecule has 0 radical (unpaired) electrons. The number of anilines is 1. The summed E-state index contributed by atoms with van der Waals surface area (Å²) in [6.07, 6.45) is 0. The second-order valence-corrected chi connectivity index (χ2v) is 10.8. The number of likely N-dealkylation sites (N-methyl/N-ethyl adjacent to an activating group) is 1. The smallest absolute Gasteiger partial charge is 0.262 e. The van der Waals surface area contributed by atoms with Gasteiger partial charge in [0.2, 0.25) is 10.0 Å². The van der Waals surface area contributed by atoms with Crippen molar-refractivity contribution in [2.24, 2.45) is 0 Å². The molecular formula is C23H31N3O4S. The predicted molar refractivity (Wildman–Crippen MR) is 122 cm³/mol. The zero-order valence-corrected chi connectivity index (χ0v) is 19.4. The van der Waals surface area contributed by atoms with Gasteiger partial charge in [0.25, 0.3) is 5.91 Å². The highest BCUT2D eigenvalue weighted by atomic mass is 32.2. The number of ether oxygens (including phenoxy) is 1. The van der Waals surface area contributed by atoms with Crippen molar-refractivity contribution in [3.63, 3.8) is 0 Å². The van der Waals surface area contributed by atoms with Crippen LogP contribution in [0.5, 0.6) is 5.75 Å². The fourth-order valence-corrected chi connectivity index (χ4v) is 4.86. The summed E-state index contributed by atoms with van der Waals surface area (Å²) in [7, 11) is -1.55. The third-order valence-corrected chi connectivity index (χ3v) is 7.20. The Balaban J connectivity index is 1.60. The van der Waals surface area contributed by atoms with Gasteiger partial charge in [-0.2, -0.15) is 4.31 Å². The molecule has 0 bridgehead atoms. The van der Waals surface area contributed by atoms with E-state index >= 15 is 0 Å². The van der Waals surface area contributed by atoms with E-state index in [4.69, 9.17) is 4.74 Å². The molecule has 0 aromatic heterocycles. The van der Waals surface area contributed by atoms with E-state index in [9.17, 15) is 13.2 Å². The van der Waals surface area contributed by atoms with Gasteiger partial charge in [0.05, 0.1) is 4.90 Å². The van der Waals surface area contributed by atoms with Crippen molar-refractivity contribution >= 4 is 21.6 Å². The van der Waals surface area contributed by atoms with Gasteiger partial charge in [0.1, 0.15) is 5.75 Å². The average molecular weight is 446 g/mol. The Bertz CT molecular complexity index is 1010. The zero-order valence-electron chi connectivity index (χ0n) is 18.6. The molecule has 0 aliphatic carbocycles. The highest BCUT2D eigenvalue weighted by Gasteiger charge is 2.27. The number of para-hydroxylation sites is 1. The van der Waals surface area contributed by atoms with Crippen LogP contribution in [0.25, 0.3) is 0 Å². The van der Waals surface area contributed by atoms with Crippen molar-refractivity contribution in [2.75, 3.05) is 45.2 Å². The van der Waals surface area contributed by atoms with Gasteiger partial charge in [0, 0.05) is 31.9 Å². The van der Waals surface area contributed by atoms with E-state index in [0.717, 1.165) is 5.56 Å². The van der Waals surface area contributed by atoms with Crippen LogP contribution in [-0.4, -0.2) is 63.4 Å². The maximum atomic E-state index is 12.8. The molecule has 2 aromatic carbocycles. The number of hydrogen-bond acceptors (Lipinski definition) is 5. The second-order valence-electron chi connectivity index (χ2n) is 8.81. The van der Waals surface area contributed by atoms with E-state index < -0.39 is 10.0 Å². The van der Waals surface area contributed by atoms with Crippen molar-refractivity contribution in [1.29, 1.82) is 0 Å². The van der Waals surface area contributed by atoms with Crippen LogP contribution in [0.15, 0.2) is 53.4 Å². The molecule has 7 nitrogen and oxygen atoms in total. The van der Waals surface area contributed by atoms with Gasteiger partial charge in [0.15, 0.2) is 6.61 Å². The van der Waals surface area contributed by atoms with Crippen molar-refractivity contribution in [2.45, 2.75) is 31.1 Å². The van der Waals surface area contributed by atoms with Gasteiger partial charge in [-0.3, -0.25) is 4.79 Å². The topological polar surface area (TPSA) is 79.0 Å². The van der Waals surface area contributed by atoms with Gasteiger partial charge in [-0.05, 0) is 48.4 Å². The van der Waals surface area contributed by atoms with Crippen LogP contribution in [0, 0.1) is 0 Å². The maximum Gasteiger partial charge on any atom is 0.262 e. The lowest BCUT2D eigenvalue weighted by atomic mass is 9.86. The van der Waals surface area contributed by atoms with Crippen LogP contribution in [0.1, 0.15) is 26.3 Å². The molecule has 2 aromatic rings. The Morgan fingerprint density at radius 2 is 1.61 bits per heavy atom. The normalized spacial score (nSPS) is 16.1. The number of nitrogens with zero attached hydrogens (tertiary/aromatic N) is 2. The summed E-state index contributed by atoms with van der Waals surface area (Å²) in [6.45, 7) is 8.52. The quantitative estimate of drug-likeness (QED) is 0.740. The molecule has 8 heteroatoms. The number of carbonyl (C=O) groups is 1. The molecule has 1 fully saturated rings. The van der Waals surface area contributed by atoms with Gasteiger partial charge >= 0.3 is 0 Å². The highest BCUT2D eigenvalue weighted by Crippen LogP contribution is 2.30. The number of benzene rings is 2. The Labute approximate surface area is 185 Å². The van der Waals surface area contributed by atoms with E-state index in [1.54, 1.807) is 12.1 Å². The van der Waals surface area contributed by atoms with E-state index in [0.29, 0.717) is 37.6 Å². The van der Waals surface area contributed by atoms with Crippen molar-refractivity contribution in [3.8, 4) is 5.75 Å². The summed E-state index contributed by atoms with van der Waals surface area (Å²) in [5, 5.41) is 2.76. The van der Waals surface area contributed by atoms with Gasteiger partial charge in [-0.1, -0.05) is 39.0 Å². The van der Waals surface area contributed by atoms with Crippen LogP contribution >= 0.6 is 0 Å². The first-order valence-corrected chi connectivity index (χ1v) is 11.8. The Morgan fingerprint density at radius 3 is 2.23 bits per heavy atom. The number of hydrogen-bond donors (Lipinski definition) is 1. The molecular weight excluding hydrogens is 414 g/mol. The van der Waals surface area contributed by atoms with Gasteiger partial charge in [-0.25, -0.2) is 8.42 Å². The van der Waals surface area contributed by atoms with E-state index in [-0.39, 0.29) is 22.8 Å². The molecule has 1 N–H and O–H groups in total. The Hall–Kier alpha value is -2.42. The van der Waals surface area contributed by atoms with E-state index in [2.05, 4.69) is 31.0 Å². The average Bonchev–Trinajstić information content (AvgIpc) is 2.72. The molecule has 0 atom stereocenters. The molecule has 1 aliphatic heterocycles. The SMILES string of the molecule is CN1CCN(S(=O)(=O)c2ccc(NC(=O)COc3ccccc3C(C)(C)C)cc2)CC1. The zero-order chi connectivity index (χ0) is 22.6. The van der Waals surface area contributed by atoms with Crippen molar-refractivity contribution in [3.05, 3.63) is 54.1 Å². The molecule has 1 amide bonds. The predicted octanol–water partition coefficient (Wildman–Crippen LogP) is 2.94. The summed E-state index contributed by atoms with van der Waals surface area (Å²) in [5.74, 6) is 0.372. The van der Waals surface area contributed by atoms with Gasteiger partial charge in [-0.15, -0.1) is 0 Å². The lowest BCUT2D eigenvalue weighted by Crippen LogP contribution is -2.46. The fourth-order valence-electron chi connectivity index (χ4n) is 3.44. The highest BCUT2D eigenvalue weighted by molar-refractivity contribution is 7.89. The van der Waals surface area contributed by atoms with Crippen LogP contribution in [0.3, 0.4) is 0 Å². The molecule has 168 valence electrons. The van der Waals surface area contributed by atoms with E-state index in [1.807, 2.05) is 31.3 Å². The lowest BCUT2D eigenvalue weighted by Gasteiger charge is -2.31. The summed E-state index contributed by atoms with van der Waals surface area (Å²) in [4.78, 5) is 14.7. The summed E-state index contributed by atoms with van der Waals surface area (Å²) in [6, 6.07) is 13.9. The lowest BCUT2D eigenvalue weighted by molar-refractivity contribution is -0.118. The first-order valence-electron chi connectivity index (χ1n) is 10.4. The van der Waals surface area contributed by atoms with Crippen LogP contribution < -0.4 is 10.1 Å². The summed E-state index contributed by atoms with van der Waals surface area (Å²) >= 11 is 0. The Morgan fingerprint density at radius 1 is 1.00 bits per heavy atom. The monoisotopic (exact) mass is 445 g/mol. The molecule has 0 saturated carbocycles. The summed E-state index contributed by atoms with van der Waals surface area (Å²) in [5.41, 5.74) is 1.45. The Kier molecular flexibility index (Phi) is 7.03. The number of nitrogens with one attached hydrogen (secondary N) is 1. The molecule has 1 heterocycles. The first-order chi connectivity index (χ1) is 14.6. The summed E-state index contributed by atoms with van der Waals surface area (Å²) < 4.78 is 32.8. The third-order valence-electron chi connectivity index (χ3n) is 5.29. The van der Waals surface area contributed by atoms with Crippen LogP contribution in [0.2, 0.25) is 0 Å². The molecule has 1 saturated heterocycles. The largest absolute Gasteiger partial charge is 0.483 e. The van der Waals surface area contributed by atoms with Gasteiger partial charge < -0.3 is 15.0 Å². The molecule has 0 unspecified atom stereocenters. The van der Waals surface area contributed by atoms with Crippen LogP contribution in [-0.2, 0) is 20.2 Å². The maximum absolute atomic E-state index is 12.8. The number of sulfonamides is 1. The van der Waals surface area contributed by atoms with Crippen molar-refractivity contribution < 1.29 is 17.9 Å².